The number of halogens is 2. The van der Waals surface area contributed by atoms with Crippen LogP contribution < -0.4 is 15.4 Å². The minimum atomic E-state index is -0.339. The predicted octanol–water partition coefficient (Wildman–Crippen LogP) is 3.70. The molecule has 0 fully saturated rings. The molecule has 0 spiro atoms. The van der Waals surface area contributed by atoms with E-state index >= 15 is 0 Å². The number of hydrogen-bond donors (Lipinski definition) is 2. The summed E-state index contributed by atoms with van der Waals surface area (Å²) in [5.41, 5.74) is 0.823. The molecule has 0 bridgehead atoms. The van der Waals surface area contributed by atoms with Crippen LogP contribution in [0.4, 0.5) is 4.39 Å². The number of nitrogens with zero attached hydrogens (tertiary/aromatic N) is 1. The minimum absolute atomic E-state index is 0. The topological polar surface area (TPSA) is 45.7 Å². The molecule has 0 heterocycles. The Bertz CT molecular complexity index is 455. The van der Waals surface area contributed by atoms with Crippen LogP contribution in [0.3, 0.4) is 0 Å². The second-order valence-corrected chi connectivity index (χ2v) is 4.67. The fourth-order valence-corrected chi connectivity index (χ4v) is 1.81. The van der Waals surface area contributed by atoms with Gasteiger partial charge in [0.15, 0.2) is 17.5 Å². The van der Waals surface area contributed by atoms with Crippen LogP contribution in [0, 0.1) is 5.82 Å². The van der Waals surface area contributed by atoms with Crippen LogP contribution in [-0.4, -0.2) is 25.7 Å². The smallest absolute Gasteiger partial charge is 0.191 e. The summed E-state index contributed by atoms with van der Waals surface area (Å²) in [4.78, 5) is 4.46. The molecule has 22 heavy (non-hydrogen) atoms. The molecule has 0 saturated heterocycles. The van der Waals surface area contributed by atoms with Crippen molar-refractivity contribution in [2.24, 2.45) is 4.99 Å². The van der Waals surface area contributed by atoms with Gasteiger partial charge in [-0.3, -0.25) is 0 Å². The summed E-state index contributed by atoms with van der Waals surface area (Å²) in [6.07, 6.45) is 2.23. The quantitative estimate of drug-likeness (QED) is 0.290. The standard InChI is InChI=1S/C16H26FN3O.HI/c1-4-7-10-19-16(18-5-2)20-12-13-8-9-15(21-6-3)14(17)11-13;/h8-9,11H,4-7,10,12H2,1-3H3,(H2,18,19,20);1H. The Morgan fingerprint density at radius 1 is 1.23 bits per heavy atom. The molecule has 0 aliphatic carbocycles. The van der Waals surface area contributed by atoms with Gasteiger partial charge in [-0.2, -0.15) is 0 Å². The summed E-state index contributed by atoms with van der Waals surface area (Å²) in [6, 6.07) is 4.97. The molecular formula is C16H27FIN3O. The average Bonchev–Trinajstić information content (AvgIpc) is 2.47. The van der Waals surface area contributed by atoms with E-state index in [-0.39, 0.29) is 29.8 Å². The summed E-state index contributed by atoms with van der Waals surface area (Å²) < 4.78 is 18.9. The lowest BCUT2D eigenvalue weighted by Crippen LogP contribution is -2.37. The van der Waals surface area contributed by atoms with Crippen LogP contribution >= 0.6 is 24.0 Å². The molecule has 0 radical (unpaired) electrons. The highest BCUT2D eigenvalue weighted by molar-refractivity contribution is 14.0. The molecular weight excluding hydrogens is 396 g/mol. The summed E-state index contributed by atoms with van der Waals surface area (Å²) >= 11 is 0. The van der Waals surface area contributed by atoms with Crippen molar-refractivity contribution >= 4 is 29.9 Å². The van der Waals surface area contributed by atoms with Crippen LogP contribution in [-0.2, 0) is 6.54 Å². The highest BCUT2D eigenvalue weighted by Gasteiger charge is 2.04. The van der Waals surface area contributed by atoms with Gasteiger partial charge in [0.1, 0.15) is 0 Å². The summed E-state index contributed by atoms with van der Waals surface area (Å²) in [5.74, 6) is 0.715. The van der Waals surface area contributed by atoms with Crippen molar-refractivity contribution in [2.45, 2.75) is 40.2 Å². The van der Waals surface area contributed by atoms with Gasteiger partial charge in [0.25, 0.3) is 0 Å². The monoisotopic (exact) mass is 423 g/mol. The zero-order chi connectivity index (χ0) is 15.5. The van der Waals surface area contributed by atoms with E-state index in [0.717, 1.165) is 37.5 Å². The van der Waals surface area contributed by atoms with Gasteiger partial charge < -0.3 is 15.4 Å². The van der Waals surface area contributed by atoms with E-state index in [9.17, 15) is 4.39 Å². The zero-order valence-corrected chi connectivity index (χ0v) is 15.9. The zero-order valence-electron chi connectivity index (χ0n) is 13.6. The average molecular weight is 423 g/mol. The summed E-state index contributed by atoms with van der Waals surface area (Å²) in [5, 5.41) is 6.44. The van der Waals surface area contributed by atoms with Gasteiger partial charge in [0.2, 0.25) is 0 Å². The number of unbranched alkanes of at least 4 members (excludes halogenated alkanes) is 1. The third-order valence-corrected chi connectivity index (χ3v) is 2.88. The molecule has 0 amide bonds. The van der Waals surface area contributed by atoms with Gasteiger partial charge in [0.05, 0.1) is 13.2 Å². The van der Waals surface area contributed by atoms with Gasteiger partial charge in [-0.15, -0.1) is 24.0 Å². The lowest BCUT2D eigenvalue weighted by molar-refractivity contribution is 0.321. The van der Waals surface area contributed by atoms with E-state index in [1.165, 1.54) is 6.07 Å². The molecule has 0 atom stereocenters. The van der Waals surface area contributed by atoms with Gasteiger partial charge in [0, 0.05) is 13.1 Å². The minimum Gasteiger partial charge on any atom is -0.491 e. The molecule has 1 aromatic carbocycles. The number of rotatable bonds is 8. The maximum atomic E-state index is 13.8. The van der Waals surface area contributed by atoms with Crippen LogP contribution in [0.2, 0.25) is 0 Å². The largest absolute Gasteiger partial charge is 0.491 e. The van der Waals surface area contributed by atoms with Crippen LogP contribution in [0.5, 0.6) is 5.75 Å². The van der Waals surface area contributed by atoms with E-state index in [2.05, 4.69) is 22.5 Å². The van der Waals surface area contributed by atoms with Crippen molar-refractivity contribution in [1.29, 1.82) is 0 Å². The van der Waals surface area contributed by atoms with Crippen molar-refractivity contribution in [2.75, 3.05) is 19.7 Å². The summed E-state index contributed by atoms with van der Waals surface area (Å²) in [7, 11) is 0. The fraction of sp³-hybridized carbons (Fsp3) is 0.562. The van der Waals surface area contributed by atoms with Gasteiger partial charge in [-0.25, -0.2) is 9.38 Å². The van der Waals surface area contributed by atoms with E-state index in [1.54, 1.807) is 6.07 Å². The molecule has 1 aromatic rings. The highest BCUT2D eigenvalue weighted by Crippen LogP contribution is 2.18. The van der Waals surface area contributed by atoms with Crippen molar-refractivity contribution in [3.63, 3.8) is 0 Å². The normalized spacial score (nSPS) is 10.8. The Morgan fingerprint density at radius 3 is 2.59 bits per heavy atom. The first kappa shape index (κ1) is 20.9. The maximum absolute atomic E-state index is 13.8. The second-order valence-electron chi connectivity index (χ2n) is 4.67. The first-order chi connectivity index (χ1) is 10.2. The van der Waals surface area contributed by atoms with Gasteiger partial charge >= 0.3 is 0 Å². The lowest BCUT2D eigenvalue weighted by atomic mass is 10.2. The number of guanidine groups is 1. The van der Waals surface area contributed by atoms with E-state index in [4.69, 9.17) is 4.74 Å². The van der Waals surface area contributed by atoms with Crippen LogP contribution in [0.15, 0.2) is 23.2 Å². The Balaban J connectivity index is 0.00000441. The maximum Gasteiger partial charge on any atom is 0.191 e. The van der Waals surface area contributed by atoms with E-state index in [0.29, 0.717) is 18.9 Å². The van der Waals surface area contributed by atoms with Crippen LogP contribution in [0.1, 0.15) is 39.2 Å². The molecule has 1 rings (SSSR count). The third kappa shape index (κ3) is 7.82. The predicted molar refractivity (Wildman–Crippen MR) is 101 cm³/mol. The molecule has 0 unspecified atom stereocenters. The van der Waals surface area contributed by atoms with Crippen molar-refractivity contribution < 1.29 is 9.13 Å². The van der Waals surface area contributed by atoms with Gasteiger partial charge in [-0.05, 0) is 38.0 Å². The number of benzene rings is 1. The molecule has 0 aliphatic rings. The van der Waals surface area contributed by atoms with E-state index < -0.39 is 0 Å². The first-order valence-electron chi connectivity index (χ1n) is 7.64. The Labute approximate surface area is 149 Å². The Hall–Kier alpha value is -1.05. The van der Waals surface area contributed by atoms with E-state index in [1.807, 2.05) is 19.9 Å². The summed E-state index contributed by atoms with van der Waals surface area (Å²) in [6.45, 7) is 8.59. The molecule has 2 N–H and O–H groups in total. The number of hydrogen-bond acceptors (Lipinski definition) is 2. The first-order valence-corrected chi connectivity index (χ1v) is 7.64. The molecule has 4 nitrogen and oxygen atoms in total. The van der Waals surface area contributed by atoms with Crippen LogP contribution in [0.25, 0.3) is 0 Å². The third-order valence-electron chi connectivity index (χ3n) is 2.88. The molecule has 0 saturated carbocycles. The van der Waals surface area contributed by atoms with Crippen molar-refractivity contribution in [3.05, 3.63) is 29.6 Å². The Morgan fingerprint density at radius 2 is 2.00 bits per heavy atom. The SMILES string of the molecule is CCCCNC(=NCc1ccc(OCC)c(F)c1)NCC.I. The van der Waals surface area contributed by atoms with Crippen molar-refractivity contribution in [1.82, 2.24) is 10.6 Å². The fourth-order valence-electron chi connectivity index (χ4n) is 1.81. The molecule has 6 heteroatoms. The number of aliphatic imine (C=N–C) groups is 1. The molecule has 0 aromatic heterocycles. The van der Waals surface area contributed by atoms with Gasteiger partial charge in [-0.1, -0.05) is 19.4 Å². The lowest BCUT2D eigenvalue weighted by Gasteiger charge is -2.11. The molecule has 126 valence electrons. The van der Waals surface area contributed by atoms with Crippen molar-refractivity contribution in [3.8, 4) is 5.75 Å². The second kappa shape index (κ2) is 12.5. The number of ether oxygens (including phenoxy) is 1. The Kier molecular flexibility index (Phi) is 11.9. The molecule has 0 aliphatic heterocycles. The number of nitrogens with one attached hydrogen (secondary N) is 2. The highest BCUT2D eigenvalue weighted by atomic mass is 127.